The molecule has 1 aliphatic heterocycles. The van der Waals surface area contributed by atoms with Gasteiger partial charge < -0.3 is 15.1 Å². The highest BCUT2D eigenvalue weighted by molar-refractivity contribution is 5.77. The van der Waals surface area contributed by atoms with E-state index in [1.807, 2.05) is 4.90 Å². The number of amides is 1. The molecule has 0 spiro atoms. The first kappa shape index (κ1) is 18.3. The predicted molar refractivity (Wildman–Crippen MR) is 109 cm³/mol. The van der Waals surface area contributed by atoms with E-state index in [4.69, 9.17) is 0 Å². The molecule has 2 aromatic carbocycles. The van der Waals surface area contributed by atoms with Gasteiger partial charge in [0.15, 0.2) is 0 Å². The lowest BCUT2D eigenvalue weighted by Gasteiger charge is -2.36. The number of anilines is 2. The number of aryl methyl sites for hydroxylation is 3. The quantitative estimate of drug-likeness (QED) is 0.891. The summed E-state index contributed by atoms with van der Waals surface area (Å²) in [5.74, 6) is 0.243. The lowest BCUT2D eigenvalue weighted by atomic mass is 10.1. The lowest BCUT2D eigenvalue weighted by molar-refractivity contribution is -0.131. The Bertz CT molecular complexity index is 743. The van der Waals surface area contributed by atoms with Crippen LogP contribution in [0.4, 0.5) is 11.4 Å². The summed E-state index contributed by atoms with van der Waals surface area (Å²) in [5.41, 5.74) is 6.14. The summed E-state index contributed by atoms with van der Waals surface area (Å²) in [6.45, 7) is 10.4. The third kappa shape index (κ3) is 4.37. The molecular weight excluding hydrogens is 322 g/mol. The van der Waals surface area contributed by atoms with Gasteiger partial charge in [-0.2, -0.15) is 0 Å². The molecule has 0 bridgehead atoms. The minimum atomic E-state index is 0.243. The van der Waals surface area contributed by atoms with E-state index in [1.54, 1.807) is 0 Å². The molecule has 0 saturated carbocycles. The third-order valence-electron chi connectivity index (χ3n) is 5.12. The van der Waals surface area contributed by atoms with Gasteiger partial charge in [0.05, 0.1) is 0 Å². The zero-order chi connectivity index (χ0) is 18.5. The zero-order valence-corrected chi connectivity index (χ0v) is 16.1. The molecule has 0 atom stereocenters. The maximum absolute atomic E-state index is 12.5. The maximum Gasteiger partial charge on any atom is 0.224 e. The van der Waals surface area contributed by atoms with Gasteiger partial charge in [-0.05, 0) is 49.6 Å². The number of hydrogen-bond donors (Lipinski definition) is 1. The molecule has 1 fully saturated rings. The Kier molecular flexibility index (Phi) is 5.82. The average molecular weight is 351 g/mol. The lowest BCUT2D eigenvalue weighted by Crippen LogP contribution is -2.49. The molecule has 0 unspecified atom stereocenters. The number of rotatable bonds is 5. The van der Waals surface area contributed by atoms with Crippen molar-refractivity contribution in [1.29, 1.82) is 0 Å². The number of para-hydroxylation sites is 1. The second-order valence-electron chi connectivity index (χ2n) is 7.15. The molecule has 0 radical (unpaired) electrons. The van der Waals surface area contributed by atoms with E-state index in [1.165, 1.54) is 22.4 Å². The van der Waals surface area contributed by atoms with E-state index in [9.17, 15) is 4.79 Å². The summed E-state index contributed by atoms with van der Waals surface area (Å²) in [5, 5.41) is 3.43. The standard InChI is InChI=1S/C22H29N3O/c1-17-6-4-9-20(16-17)24-12-14-25(15-13-24)21(26)10-11-23-22-18(2)7-5-8-19(22)3/h4-9,16,23H,10-15H2,1-3H3. The van der Waals surface area contributed by atoms with Crippen molar-refractivity contribution < 1.29 is 4.79 Å². The second kappa shape index (κ2) is 8.26. The van der Waals surface area contributed by atoms with E-state index < -0.39 is 0 Å². The molecule has 1 saturated heterocycles. The van der Waals surface area contributed by atoms with Gasteiger partial charge in [0.2, 0.25) is 5.91 Å². The van der Waals surface area contributed by atoms with Crippen molar-refractivity contribution in [1.82, 2.24) is 4.90 Å². The zero-order valence-electron chi connectivity index (χ0n) is 16.1. The highest BCUT2D eigenvalue weighted by atomic mass is 16.2. The van der Waals surface area contributed by atoms with E-state index in [-0.39, 0.29) is 5.91 Å². The van der Waals surface area contributed by atoms with Crippen LogP contribution >= 0.6 is 0 Å². The van der Waals surface area contributed by atoms with Crippen molar-refractivity contribution in [2.75, 3.05) is 42.9 Å². The SMILES string of the molecule is Cc1cccc(N2CCN(C(=O)CCNc3c(C)cccc3C)CC2)c1. The molecule has 1 N–H and O–H groups in total. The fourth-order valence-electron chi connectivity index (χ4n) is 3.58. The van der Waals surface area contributed by atoms with E-state index in [0.29, 0.717) is 13.0 Å². The summed E-state index contributed by atoms with van der Waals surface area (Å²) in [4.78, 5) is 16.9. The Morgan fingerprint density at radius 3 is 2.27 bits per heavy atom. The van der Waals surface area contributed by atoms with Crippen LogP contribution in [0.25, 0.3) is 0 Å². The van der Waals surface area contributed by atoms with E-state index >= 15 is 0 Å². The van der Waals surface area contributed by atoms with Gasteiger partial charge in [0.25, 0.3) is 0 Å². The Balaban J connectivity index is 1.47. The molecule has 1 amide bonds. The van der Waals surface area contributed by atoms with Crippen molar-refractivity contribution in [3.63, 3.8) is 0 Å². The van der Waals surface area contributed by atoms with Gasteiger partial charge in [-0.15, -0.1) is 0 Å². The fourth-order valence-corrected chi connectivity index (χ4v) is 3.58. The summed E-state index contributed by atoms with van der Waals surface area (Å²) in [6.07, 6.45) is 0.540. The minimum Gasteiger partial charge on any atom is -0.384 e. The van der Waals surface area contributed by atoms with Crippen molar-refractivity contribution >= 4 is 17.3 Å². The molecule has 1 heterocycles. The number of benzene rings is 2. The summed E-state index contributed by atoms with van der Waals surface area (Å²) >= 11 is 0. The molecule has 3 rings (SSSR count). The molecular formula is C22H29N3O. The Morgan fingerprint density at radius 1 is 0.962 bits per heavy atom. The van der Waals surface area contributed by atoms with Crippen LogP contribution in [0.3, 0.4) is 0 Å². The van der Waals surface area contributed by atoms with E-state index in [0.717, 1.165) is 31.9 Å². The van der Waals surface area contributed by atoms with Crippen LogP contribution < -0.4 is 10.2 Å². The first-order chi connectivity index (χ1) is 12.5. The Hall–Kier alpha value is -2.49. The minimum absolute atomic E-state index is 0.243. The number of hydrogen-bond acceptors (Lipinski definition) is 3. The molecule has 26 heavy (non-hydrogen) atoms. The van der Waals surface area contributed by atoms with Gasteiger partial charge in [-0.25, -0.2) is 0 Å². The van der Waals surface area contributed by atoms with Crippen LogP contribution in [0.1, 0.15) is 23.1 Å². The molecule has 2 aromatic rings. The van der Waals surface area contributed by atoms with E-state index in [2.05, 4.69) is 73.5 Å². The van der Waals surface area contributed by atoms with Crippen molar-refractivity contribution in [2.45, 2.75) is 27.2 Å². The van der Waals surface area contributed by atoms with Crippen LogP contribution in [0, 0.1) is 20.8 Å². The highest BCUT2D eigenvalue weighted by Gasteiger charge is 2.21. The molecule has 0 aromatic heterocycles. The first-order valence-corrected chi connectivity index (χ1v) is 9.44. The first-order valence-electron chi connectivity index (χ1n) is 9.44. The van der Waals surface area contributed by atoms with Gasteiger partial charge in [0, 0.05) is 50.5 Å². The van der Waals surface area contributed by atoms with Crippen LogP contribution in [-0.4, -0.2) is 43.5 Å². The largest absolute Gasteiger partial charge is 0.384 e. The molecule has 0 aliphatic carbocycles. The summed E-state index contributed by atoms with van der Waals surface area (Å²) in [6, 6.07) is 14.8. The predicted octanol–water partition coefficient (Wildman–Crippen LogP) is 3.76. The number of carbonyl (C=O) groups is 1. The Morgan fingerprint density at radius 2 is 1.62 bits per heavy atom. The third-order valence-corrected chi connectivity index (χ3v) is 5.12. The molecule has 1 aliphatic rings. The smallest absolute Gasteiger partial charge is 0.224 e. The van der Waals surface area contributed by atoms with Crippen molar-refractivity contribution in [2.24, 2.45) is 0 Å². The fraction of sp³-hybridized carbons (Fsp3) is 0.409. The number of nitrogens with zero attached hydrogens (tertiary/aromatic N) is 2. The van der Waals surface area contributed by atoms with Crippen LogP contribution in [0.5, 0.6) is 0 Å². The maximum atomic E-state index is 12.5. The summed E-state index contributed by atoms with van der Waals surface area (Å²) < 4.78 is 0. The van der Waals surface area contributed by atoms with Crippen LogP contribution in [0.15, 0.2) is 42.5 Å². The van der Waals surface area contributed by atoms with Gasteiger partial charge in [-0.3, -0.25) is 4.79 Å². The monoisotopic (exact) mass is 351 g/mol. The molecule has 4 heteroatoms. The van der Waals surface area contributed by atoms with Crippen molar-refractivity contribution in [3.8, 4) is 0 Å². The normalized spacial score (nSPS) is 14.4. The number of carbonyl (C=O) groups excluding carboxylic acids is 1. The van der Waals surface area contributed by atoms with Gasteiger partial charge in [0.1, 0.15) is 0 Å². The second-order valence-corrected chi connectivity index (χ2v) is 7.15. The topological polar surface area (TPSA) is 35.6 Å². The van der Waals surface area contributed by atoms with Gasteiger partial charge in [-0.1, -0.05) is 30.3 Å². The Labute approximate surface area is 156 Å². The highest BCUT2D eigenvalue weighted by Crippen LogP contribution is 2.20. The average Bonchev–Trinajstić information content (AvgIpc) is 2.64. The number of nitrogens with one attached hydrogen (secondary N) is 1. The van der Waals surface area contributed by atoms with Crippen LogP contribution in [0.2, 0.25) is 0 Å². The number of piperazine rings is 1. The summed E-state index contributed by atoms with van der Waals surface area (Å²) in [7, 11) is 0. The molecule has 4 nitrogen and oxygen atoms in total. The molecule has 138 valence electrons. The van der Waals surface area contributed by atoms with Crippen molar-refractivity contribution in [3.05, 3.63) is 59.2 Å². The van der Waals surface area contributed by atoms with Gasteiger partial charge >= 0.3 is 0 Å². The van der Waals surface area contributed by atoms with Crippen LogP contribution in [-0.2, 0) is 4.79 Å².